The van der Waals surface area contributed by atoms with Crippen molar-refractivity contribution in [2.75, 3.05) is 0 Å². The van der Waals surface area contributed by atoms with Gasteiger partial charge in [0.2, 0.25) is 0 Å². The summed E-state index contributed by atoms with van der Waals surface area (Å²) >= 11 is 0. The maximum atomic E-state index is 12.7. The van der Waals surface area contributed by atoms with Crippen LogP contribution < -0.4 is 5.32 Å². The Labute approximate surface area is 141 Å². The Morgan fingerprint density at radius 3 is 2.54 bits per heavy atom. The van der Waals surface area contributed by atoms with Crippen molar-refractivity contribution < 1.29 is 17.9 Å². The number of nitrogens with zero attached hydrogens (tertiary/aromatic N) is 1. The molecule has 0 aliphatic heterocycles. The van der Waals surface area contributed by atoms with Crippen LogP contribution >= 0.6 is 0 Å². The normalized spacial score (nSPS) is 26.0. The summed E-state index contributed by atoms with van der Waals surface area (Å²) in [6.07, 6.45) is 5.36. The minimum absolute atomic E-state index is 0.286. The third-order valence-corrected chi connectivity index (χ3v) is 4.98. The molecule has 3 rings (SSSR count). The molecule has 1 aromatic rings. The molecule has 6 heteroatoms. The quantitative estimate of drug-likeness (QED) is 0.858. The molecule has 134 valence electrons. The molecule has 0 radical (unpaired) electrons. The van der Waals surface area contributed by atoms with E-state index in [0.717, 1.165) is 31.7 Å². The van der Waals surface area contributed by atoms with Gasteiger partial charge in [0.05, 0.1) is 17.9 Å². The molecule has 2 atom stereocenters. The monoisotopic (exact) mass is 342 g/mol. The maximum absolute atomic E-state index is 12.7. The second-order valence-corrected chi connectivity index (χ2v) is 6.92. The standard InChI is InChI=1S/C18H25F3N2O/c19-18(20,21)17-10-4-6-14(23-17)12-22-13-5-3-9-16(11-13)24-15-7-1-2-8-15/h4,6,10,13,15-16,22H,1-3,5,7-9,11-12H2. The lowest BCUT2D eigenvalue weighted by molar-refractivity contribution is -0.141. The smallest absolute Gasteiger partial charge is 0.375 e. The Morgan fingerprint density at radius 1 is 1.04 bits per heavy atom. The molecular weight excluding hydrogens is 317 g/mol. The fraction of sp³-hybridized carbons (Fsp3) is 0.722. The molecule has 2 aliphatic carbocycles. The highest BCUT2D eigenvalue weighted by Gasteiger charge is 2.32. The highest BCUT2D eigenvalue weighted by atomic mass is 19.4. The summed E-state index contributed by atoms with van der Waals surface area (Å²) in [4.78, 5) is 3.71. The van der Waals surface area contributed by atoms with Gasteiger partial charge in [-0.3, -0.25) is 0 Å². The molecule has 0 spiro atoms. The maximum Gasteiger partial charge on any atom is 0.433 e. The van der Waals surface area contributed by atoms with Crippen molar-refractivity contribution in [2.45, 2.75) is 82.3 Å². The van der Waals surface area contributed by atoms with Crippen molar-refractivity contribution >= 4 is 0 Å². The van der Waals surface area contributed by atoms with Crippen LogP contribution in [-0.2, 0) is 17.5 Å². The number of alkyl halides is 3. The number of halogens is 3. The molecule has 3 nitrogen and oxygen atoms in total. The van der Waals surface area contributed by atoms with Gasteiger partial charge in [0.1, 0.15) is 5.69 Å². The molecule has 0 bridgehead atoms. The van der Waals surface area contributed by atoms with Crippen molar-refractivity contribution in [1.82, 2.24) is 10.3 Å². The largest absolute Gasteiger partial charge is 0.433 e. The highest BCUT2D eigenvalue weighted by molar-refractivity contribution is 5.13. The van der Waals surface area contributed by atoms with Gasteiger partial charge in [0.15, 0.2) is 0 Å². The molecule has 2 aliphatic rings. The summed E-state index contributed by atoms with van der Waals surface area (Å²) in [6.45, 7) is 0.366. The van der Waals surface area contributed by atoms with Crippen molar-refractivity contribution in [2.24, 2.45) is 0 Å². The van der Waals surface area contributed by atoms with Crippen molar-refractivity contribution in [3.8, 4) is 0 Å². The zero-order valence-electron chi connectivity index (χ0n) is 13.8. The van der Waals surface area contributed by atoms with Gasteiger partial charge in [-0.2, -0.15) is 13.2 Å². The van der Waals surface area contributed by atoms with Crippen LogP contribution in [0.25, 0.3) is 0 Å². The lowest BCUT2D eigenvalue weighted by Gasteiger charge is -2.31. The lowest BCUT2D eigenvalue weighted by Crippen LogP contribution is -2.38. The van der Waals surface area contributed by atoms with E-state index in [9.17, 15) is 13.2 Å². The predicted octanol–water partition coefficient (Wildman–Crippen LogP) is 4.46. The number of pyridine rings is 1. The zero-order valence-corrected chi connectivity index (χ0v) is 13.8. The summed E-state index contributed by atoms with van der Waals surface area (Å²) in [5.41, 5.74) is -0.392. The fourth-order valence-corrected chi connectivity index (χ4v) is 3.74. The van der Waals surface area contributed by atoms with Gasteiger partial charge in [-0.25, -0.2) is 4.98 Å². The minimum atomic E-state index is -4.39. The van der Waals surface area contributed by atoms with E-state index in [1.165, 1.54) is 31.7 Å². The van der Waals surface area contributed by atoms with E-state index in [-0.39, 0.29) is 6.10 Å². The van der Waals surface area contributed by atoms with Crippen LogP contribution in [0.1, 0.15) is 62.8 Å². The molecule has 1 heterocycles. The van der Waals surface area contributed by atoms with Gasteiger partial charge in [-0.15, -0.1) is 0 Å². The van der Waals surface area contributed by atoms with E-state index >= 15 is 0 Å². The topological polar surface area (TPSA) is 34.1 Å². The first kappa shape index (κ1) is 17.7. The summed E-state index contributed by atoms with van der Waals surface area (Å²) in [5.74, 6) is 0. The molecule has 0 saturated heterocycles. The van der Waals surface area contributed by atoms with E-state index in [1.807, 2.05) is 0 Å². The van der Waals surface area contributed by atoms with E-state index in [2.05, 4.69) is 10.3 Å². The summed E-state index contributed by atoms with van der Waals surface area (Å²) in [7, 11) is 0. The number of aromatic nitrogens is 1. The number of hydrogen-bond acceptors (Lipinski definition) is 3. The molecule has 0 amide bonds. The molecule has 1 N–H and O–H groups in total. The van der Waals surface area contributed by atoms with E-state index < -0.39 is 11.9 Å². The van der Waals surface area contributed by atoms with Gasteiger partial charge < -0.3 is 10.1 Å². The lowest BCUT2D eigenvalue weighted by atomic mass is 9.92. The van der Waals surface area contributed by atoms with Gasteiger partial charge in [-0.05, 0) is 50.7 Å². The van der Waals surface area contributed by atoms with E-state index in [0.29, 0.717) is 24.4 Å². The molecular formula is C18H25F3N2O. The van der Waals surface area contributed by atoms with Gasteiger partial charge in [0.25, 0.3) is 0 Å². The number of nitrogens with one attached hydrogen (secondary N) is 1. The third kappa shape index (κ3) is 4.93. The Kier molecular flexibility index (Phi) is 5.76. The number of hydrogen-bond donors (Lipinski definition) is 1. The van der Waals surface area contributed by atoms with Crippen molar-refractivity contribution in [1.29, 1.82) is 0 Å². The molecule has 2 unspecified atom stereocenters. The first-order chi connectivity index (χ1) is 11.5. The first-order valence-corrected chi connectivity index (χ1v) is 8.92. The second kappa shape index (κ2) is 7.83. The van der Waals surface area contributed by atoms with Crippen LogP contribution in [0.3, 0.4) is 0 Å². The number of ether oxygens (including phenoxy) is 1. The van der Waals surface area contributed by atoms with Crippen LogP contribution in [0.4, 0.5) is 13.2 Å². The molecule has 0 aromatic carbocycles. The van der Waals surface area contributed by atoms with Gasteiger partial charge in [0, 0.05) is 12.6 Å². The SMILES string of the molecule is FC(F)(F)c1cccc(CNC2CCCC(OC3CCCC3)C2)n1. The molecule has 24 heavy (non-hydrogen) atoms. The zero-order chi connectivity index (χ0) is 17.0. The molecule has 2 fully saturated rings. The molecule has 2 saturated carbocycles. The number of rotatable bonds is 5. The summed E-state index contributed by atoms with van der Waals surface area (Å²) < 4.78 is 44.3. The second-order valence-electron chi connectivity index (χ2n) is 6.92. The van der Waals surface area contributed by atoms with Crippen LogP contribution in [0.2, 0.25) is 0 Å². The van der Waals surface area contributed by atoms with Crippen LogP contribution in [0.5, 0.6) is 0 Å². The average molecular weight is 342 g/mol. The van der Waals surface area contributed by atoms with Gasteiger partial charge >= 0.3 is 6.18 Å². The van der Waals surface area contributed by atoms with Gasteiger partial charge in [-0.1, -0.05) is 18.9 Å². The first-order valence-electron chi connectivity index (χ1n) is 8.92. The Balaban J connectivity index is 1.49. The summed E-state index contributed by atoms with van der Waals surface area (Å²) in [6, 6.07) is 4.36. The fourth-order valence-electron chi connectivity index (χ4n) is 3.74. The Bertz CT molecular complexity index is 529. The van der Waals surface area contributed by atoms with Crippen molar-refractivity contribution in [3.05, 3.63) is 29.6 Å². The summed E-state index contributed by atoms with van der Waals surface area (Å²) in [5, 5.41) is 3.36. The van der Waals surface area contributed by atoms with Crippen LogP contribution in [0, 0.1) is 0 Å². The van der Waals surface area contributed by atoms with Crippen LogP contribution in [-0.4, -0.2) is 23.2 Å². The predicted molar refractivity (Wildman–Crippen MR) is 85.5 cm³/mol. The molecule has 1 aromatic heterocycles. The van der Waals surface area contributed by atoms with E-state index in [1.54, 1.807) is 6.07 Å². The third-order valence-electron chi connectivity index (χ3n) is 4.98. The van der Waals surface area contributed by atoms with E-state index in [4.69, 9.17) is 4.74 Å². The minimum Gasteiger partial charge on any atom is -0.375 e. The average Bonchev–Trinajstić information content (AvgIpc) is 3.06. The van der Waals surface area contributed by atoms with Crippen molar-refractivity contribution in [3.63, 3.8) is 0 Å². The highest BCUT2D eigenvalue weighted by Crippen LogP contribution is 2.29. The Hall–Kier alpha value is -1.14. The van der Waals surface area contributed by atoms with Crippen LogP contribution in [0.15, 0.2) is 18.2 Å². The Morgan fingerprint density at radius 2 is 1.79 bits per heavy atom.